The summed E-state index contributed by atoms with van der Waals surface area (Å²) in [5.41, 5.74) is 0. The molecule has 0 radical (unpaired) electrons. The topological polar surface area (TPSA) is 90.6 Å². The van der Waals surface area contributed by atoms with E-state index >= 15 is 0 Å². The van der Waals surface area contributed by atoms with Crippen molar-refractivity contribution in [2.24, 2.45) is 0 Å². The van der Waals surface area contributed by atoms with Crippen molar-refractivity contribution < 1.29 is 19.4 Å². The highest BCUT2D eigenvalue weighted by Gasteiger charge is 2.26. The number of para-hydroxylation sites is 1. The van der Waals surface area contributed by atoms with Gasteiger partial charge in [-0.15, -0.1) is 0 Å². The van der Waals surface area contributed by atoms with E-state index in [-0.39, 0.29) is 13.0 Å². The number of aliphatic carboxylic acids is 1. The number of nitrogens with zero attached hydrogens (tertiary/aromatic N) is 2. The van der Waals surface area contributed by atoms with Crippen LogP contribution in [0.3, 0.4) is 0 Å². The first kappa shape index (κ1) is 14.5. The molecule has 0 saturated carbocycles. The molecule has 6 nitrogen and oxygen atoms in total. The number of carboxylic acid groups (broad SMARTS) is 1. The van der Waals surface area contributed by atoms with Gasteiger partial charge in [0.1, 0.15) is 11.8 Å². The third-order valence-corrected chi connectivity index (χ3v) is 2.47. The fourth-order valence-electron chi connectivity index (χ4n) is 1.39. The Bertz CT molecular complexity index is 481. The van der Waals surface area contributed by atoms with Crippen LogP contribution in [0.5, 0.6) is 5.75 Å². The molecular weight excluding hydrogens is 248 g/mol. The van der Waals surface area contributed by atoms with E-state index in [1.165, 1.54) is 6.92 Å². The van der Waals surface area contributed by atoms with Gasteiger partial charge in [0.15, 0.2) is 0 Å². The minimum Gasteiger partial charge on any atom is -0.480 e. The van der Waals surface area contributed by atoms with Crippen molar-refractivity contribution in [1.29, 1.82) is 5.26 Å². The number of carbonyl (C=O) groups excluding carboxylic acids is 1. The molecule has 1 N–H and O–H groups in total. The summed E-state index contributed by atoms with van der Waals surface area (Å²) in [6.45, 7) is 1.38. The minimum absolute atomic E-state index is 0.00956. The molecule has 0 aliphatic carbocycles. The van der Waals surface area contributed by atoms with Gasteiger partial charge >= 0.3 is 12.1 Å². The number of hydrogen-bond acceptors (Lipinski definition) is 4. The molecular formula is C13H14N2O4. The molecule has 1 amide bonds. The van der Waals surface area contributed by atoms with Gasteiger partial charge in [-0.1, -0.05) is 18.2 Å². The lowest BCUT2D eigenvalue weighted by Crippen LogP contribution is -2.45. The number of ether oxygens (including phenoxy) is 1. The Morgan fingerprint density at radius 3 is 2.58 bits per heavy atom. The molecule has 0 aliphatic heterocycles. The van der Waals surface area contributed by atoms with Gasteiger partial charge in [0.05, 0.1) is 12.5 Å². The predicted molar refractivity (Wildman–Crippen MR) is 66.5 cm³/mol. The van der Waals surface area contributed by atoms with Crippen LogP contribution in [0.25, 0.3) is 0 Å². The van der Waals surface area contributed by atoms with E-state index in [0.29, 0.717) is 5.75 Å². The van der Waals surface area contributed by atoms with Crippen molar-refractivity contribution in [3.05, 3.63) is 30.3 Å². The maximum atomic E-state index is 11.9. The third-order valence-electron chi connectivity index (χ3n) is 2.47. The van der Waals surface area contributed by atoms with Gasteiger partial charge in [0, 0.05) is 6.54 Å². The molecule has 0 fully saturated rings. The van der Waals surface area contributed by atoms with Gasteiger partial charge in [-0.25, -0.2) is 9.59 Å². The van der Waals surface area contributed by atoms with E-state index in [9.17, 15) is 9.59 Å². The molecule has 0 aliphatic rings. The van der Waals surface area contributed by atoms with Gasteiger partial charge in [0.25, 0.3) is 0 Å². The Kier molecular flexibility index (Phi) is 5.35. The second-order valence-electron chi connectivity index (χ2n) is 3.80. The highest BCUT2D eigenvalue weighted by molar-refractivity contribution is 5.80. The molecule has 0 heterocycles. The van der Waals surface area contributed by atoms with Crippen LogP contribution in [0.4, 0.5) is 4.79 Å². The SMILES string of the molecule is CC(C(=O)O)N(CCC#N)C(=O)Oc1ccccc1. The van der Waals surface area contributed by atoms with Gasteiger partial charge in [-0.05, 0) is 19.1 Å². The van der Waals surface area contributed by atoms with Crippen LogP contribution in [0.1, 0.15) is 13.3 Å². The molecule has 0 saturated heterocycles. The summed E-state index contributed by atoms with van der Waals surface area (Å²) in [7, 11) is 0. The summed E-state index contributed by atoms with van der Waals surface area (Å²) in [5.74, 6) is -0.824. The zero-order valence-corrected chi connectivity index (χ0v) is 10.4. The first-order valence-electron chi connectivity index (χ1n) is 5.69. The zero-order valence-electron chi connectivity index (χ0n) is 10.4. The van der Waals surface area contributed by atoms with Crippen molar-refractivity contribution in [2.75, 3.05) is 6.54 Å². The number of hydrogen-bond donors (Lipinski definition) is 1. The molecule has 0 aromatic heterocycles. The molecule has 1 aromatic carbocycles. The Morgan fingerprint density at radius 1 is 1.42 bits per heavy atom. The van der Waals surface area contributed by atoms with Crippen LogP contribution in [-0.2, 0) is 4.79 Å². The van der Waals surface area contributed by atoms with E-state index in [2.05, 4.69) is 0 Å². The van der Waals surface area contributed by atoms with Crippen LogP contribution < -0.4 is 4.74 Å². The van der Waals surface area contributed by atoms with Crippen molar-refractivity contribution in [3.63, 3.8) is 0 Å². The molecule has 0 bridgehead atoms. The van der Waals surface area contributed by atoms with Gasteiger partial charge < -0.3 is 9.84 Å². The first-order chi connectivity index (χ1) is 9.06. The average Bonchev–Trinajstić information content (AvgIpc) is 2.40. The van der Waals surface area contributed by atoms with Crippen LogP contribution >= 0.6 is 0 Å². The number of amides is 1. The highest BCUT2D eigenvalue weighted by atomic mass is 16.6. The van der Waals surface area contributed by atoms with Crippen LogP contribution in [0.15, 0.2) is 30.3 Å². The lowest BCUT2D eigenvalue weighted by molar-refractivity contribution is -0.141. The van der Waals surface area contributed by atoms with Crippen molar-refractivity contribution in [3.8, 4) is 11.8 Å². The maximum absolute atomic E-state index is 11.9. The summed E-state index contributed by atoms with van der Waals surface area (Å²) in [4.78, 5) is 23.8. The quantitative estimate of drug-likeness (QED) is 0.874. The average molecular weight is 262 g/mol. The van der Waals surface area contributed by atoms with Crippen LogP contribution in [0.2, 0.25) is 0 Å². The van der Waals surface area contributed by atoms with Gasteiger partial charge in [0.2, 0.25) is 0 Å². The Morgan fingerprint density at radius 2 is 2.05 bits per heavy atom. The highest BCUT2D eigenvalue weighted by Crippen LogP contribution is 2.12. The molecule has 19 heavy (non-hydrogen) atoms. The molecule has 1 unspecified atom stereocenters. The molecule has 6 heteroatoms. The minimum atomic E-state index is -1.15. The number of carbonyl (C=O) groups is 2. The van der Waals surface area contributed by atoms with Crippen molar-refractivity contribution >= 4 is 12.1 Å². The zero-order chi connectivity index (χ0) is 14.3. The molecule has 1 rings (SSSR count). The van der Waals surface area contributed by atoms with E-state index < -0.39 is 18.1 Å². The second kappa shape index (κ2) is 7.01. The molecule has 1 atom stereocenters. The van der Waals surface area contributed by atoms with E-state index in [4.69, 9.17) is 15.1 Å². The smallest absolute Gasteiger partial charge is 0.416 e. The molecule has 1 aromatic rings. The molecule has 100 valence electrons. The van der Waals surface area contributed by atoms with Crippen LogP contribution in [-0.4, -0.2) is 34.7 Å². The summed E-state index contributed by atoms with van der Waals surface area (Å²) in [6, 6.07) is 9.16. The largest absolute Gasteiger partial charge is 0.480 e. The lowest BCUT2D eigenvalue weighted by Gasteiger charge is -2.24. The van der Waals surface area contributed by atoms with E-state index in [1.807, 2.05) is 6.07 Å². The maximum Gasteiger partial charge on any atom is 0.416 e. The van der Waals surface area contributed by atoms with Crippen molar-refractivity contribution in [2.45, 2.75) is 19.4 Å². The van der Waals surface area contributed by atoms with Crippen molar-refractivity contribution in [1.82, 2.24) is 4.90 Å². The predicted octanol–water partition coefficient (Wildman–Crippen LogP) is 1.87. The number of rotatable bonds is 5. The Balaban J connectivity index is 2.77. The lowest BCUT2D eigenvalue weighted by atomic mass is 10.3. The third kappa shape index (κ3) is 4.32. The molecule has 0 spiro atoms. The number of benzene rings is 1. The standard InChI is InChI=1S/C13H14N2O4/c1-10(12(16)17)15(9-5-8-14)13(18)19-11-6-3-2-4-7-11/h2-4,6-7,10H,5,9H2,1H3,(H,16,17). The Hall–Kier alpha value is -2.55. The summed E-state index contributed by atoms with van der Waals surface area (Å²) in [5, 5.41) is 17.5. The normalized spacial score (nSPS) is 11.2. The number of carboxylic acids is 1. The van der Waals surface area contributed by atoms with E-state index in [1.54, 1.807) is 30.3 Å². The number of nitriles is 1. The van der Waals surface area contributed by atoms with Gasteiger partial charge in [-0.3, -0.25) is 4.90 Å². The fourth-order valence-corrected chi connectivity index (χ4v) is 1.39. The fraction of sp³-hybridized carbons (Fsp3) is 0.308. The van der Waals surface area contributed by atoms with Crippen LogP contribution in [0, 0.1) is 11.3 Å². The van der Waals surface area contributed by atoms with E-state index in [0.717, 1.165) is 4.90 Å². The van der Waals surface area contributed by atoms with Gasteiger partial charge in [-0.2, -0.15) is 5.26 Å². The first-order valence-corrected chi connectivity index (χ1v) is 5.69. The summed E-state index contributed by atoms with van der Waals surface area (Å²) < 4.78 is 5.06. The second-order valence-corrected chi connectivity index (χ2v) is 3.80. The summed E-state index contributed by atoms with van der Waals surface area (Å²) >= 11 is 0. The Labute approximate surface area is 110 Å². The monoisotopic (exact) mass is 262 g/mol. The summed E-state index contributed by atoms with van der Waals surface area (Å²) in [6.07, 6.45) is -0.738.